The molecule has 0 saturated carbocycles. The van der Waals surface area contributed by atoms with Gasteiger partial charge in [0.05, 0.1) is 6.54 Å². The molecule has 1 rings (SSSR count). The fourth-order valence-electron chi connectivity index (χ4n) is 0.853. The molecule has 5 nitrogen and oxygen atoms in total. The van der Waals surface area contributed by atoms with Crippen molar-refractivity contribution in [2.24, 2.45) is 10.7 Å². The molecule has 0 aliphatic carbocycles. The second-order valence-electron chi connectivity index (χ2n) is 2.81. The van der Waals surface area contributed by atoms with Crippen LogP contribution < -0.4 is 5.73 Å². The van der Waals surface area contributed by atoms with Crippen LogP contribution in [0.15, 0.2) is 17.6 Å². The summed E-state index contributed by atoms with van der Waals surface area (Å²) in [6, 6.07) is 0.230. The topological polar surface area (TPSA) is 69.1 Å². The smallest absolute Gasteiger partial charge is 0.137 e. The minimum Gasteiger partial charge on any atom is -0.386 e. The van der Waals surface area contributed by atoms with Crippen LogP contribution in [0.2, 0.25) is 0 Å². The van der Waals surface area contributed by atoms with Crippen molar-refractivity contribution in [1.29, 1.82) is 0 Å². The van der Waals surface area contributed by atoms with E-state index in [9.17, 15) is 0 Å². The fourth-order valence-corrected chi connectivity index (χ4v) is 0.853. The second kappa shape index (κ2) is 3.85. The van der Waals surface area contributed by atoms with Crippen LogP contribution >= 0.6 is 0 Å². The normalized spacial score (nSPS) is 12.4. The highest BCUT2D eigenvalue weighted by atomic mass is 15.3. The van der Waals surface area contributed by atoms with Crippen molar-refractivity contribution in [2.45, 2.75) is 26.4 Å². The zero-order valence-corrected chi connectivity index (χ0v) is 7.31. The summed E-state index contributed by atoms with van der Waals surface area (Å²) in [6.07, 6.45) is 3.09. The molecule has 12 heavy (non-hydrogen) atoms. The number of amidine groups is 1. The van der Waals surface area contributed by atoms with E-state index in [4.69, 9.17) is 5.73 Å². The first-order chi connectivity index (χ1) is 5.68. The maximum atomic E-state index is 5.63. The fraction of sp³-hybridized carbons (Fsp3) is 0.571. The predicted molar refractivity (Wildman–Crippen MR) is 46.8 cm³/mol. The van der Waals surface area contributed by atoms with E-state index in [1.54, 1.807) is 11.0 Å². The third kappa shape index (κ3) is 2.69. The Kier molecular flexibility index (Phi) is 2.79. The SMILES string of the molecule is CC(C)N=C(N)Cn1cncn1. The molecule has 0 fully saturated rings. The van der Waals surface area contributed by atoms with Crippen molar-refractivity contribution in [2.75, 3.05) is 0 Å². The lowest BCUT2D eigenvalue weighted by molar-refractivity contribution is 0.708. The van der Waals surface area contributed by atoms with Gasteiger partial charge >= 0.3 is 0 Å². The number of nitrogens with zero attached hydrogens (tertiary/aromatic N) is 4. The Labute approximate surface area is 71.3 Å². The summed E-state index contributed by atoms with van der Waals surface area (Å²) in [4.78, 5) is 7.95. The van der Waals surface area contributed by atoms with Crippen molar-refractivity contribution in [3.63, 3.8) is 0 Å². The molecular weight excluding hydrogens is 154 g/mol. The molecule has 0 bridgehead atoms. The third-order valence-corrected chi connectivity index (χ3v) is 1.21. The molecule has 66 valence electrons. The summed E-state index contributed by atoms with van der Waals surface area (Å²) in [6.45, 7) is 4.47. The third-order valence-electron chi connectivity index (χ3n) is 1.21. The number of hydrogen-bond donors (Lipinski definition) is 1. The molecule has 0 saturated heterocycles. The van der Waals surface area contributed by atoms with Gasteiger partial charge in [-0.1, -0.05) is 0 Å². The summed E-state index contributed by atoms with van der Waals surface area (Å²) >= 11 is 0. The quantitative estimate of drug-likeness (QED) is 0.510. The van der Waals surface area contributed by atoms with Crippen molar-refractivity contribution in [3.05, 3.63) is 12.7 Å². The Morgan fingerprint density at radius 3 is 2.92 bits per heavy atom. The Morgan fingerprint density at radius 2 is 2.42 bits per heavy atom. The molecule has 0 atom stereocenters. The van der Waals surface area contributed by atoms with Gasteiger partial charge in [-0.3, -0.25) is 4.99 Å². The first-order valence-electron chi connectivity index (χ1n) is 3.83. The summed E-state index contributed by atoms with van der Waals surface area (Å²) in [5.41, 5.74) is 5.63. The molecular formula is C7H13N5. The number of nitrogens with two attached hydrogens (primary N) is 1. The lowest BCUT2D eigenvalue weighted by Crippen LogP contribution is -2.21. The van der Waals surface area contributed by atoms with Crippen LogP contribution in [0.5, 0.6) is 0 Å². The molecule has 1 aromatic rings. The van der Waals surface area contributed by atoms with Crippen LogP contribution in [0.4, 0.5) is 0 Å². The van der Waals surface area contributed by atoms with Crippen molar-refractivity contribution >= 4 is 5.84 Å². The highest BCUT2D eigenvalue weighted by molar-refractivity contribution is 5.80. The van der Waals surface area contributed by atoms with Gasteiger partial charge in [-0.2, -0.15) is 5.10 Å². The van der Waals surface area contributed by atoms with Gasteiger partial charge in [-0.15, -0.1) is 0 Å². The van der Waals surface area contributed by atoms with Gasteiger partial charge in [-0.25, -0.2) is 9.67 Å². The monoisotopic (exact) mass is 167 g/mol. The summed E-state index contributed by atoms with van der Waals surface area (Å²) in [5.74, 6) is 0.579. The Hall–Kier alpha value is -1.39. The van der Waals surface area contributed by atoms with Crippen LogP contribution in [0, 0.1) is 0 Å². The molecule has 1 aromatic heterocycles. The van der Waals surface area contributed by atoms with Gasteiger partial charge in [0.1, 0.15) is 18.5 Å². The highest BCUT2D eigenvalue weighted by Crippen LogP contribution is 1.87. The van der Waals surface area contributed by atoms with Crippen LogP contribution in [-0.2, 0) is 6.54 Å². The molecule has 5 heteroatoms. The molecule has 0 aliphatic rings. The van der Waals surface area contributed by atoms with Gasteiger partial charge in [-0.05, 0) is 13.8 Å². The standard InChI is InChI=1S/C7H13N5/c1-6(2)11-7(8)3-12-5-9-4-10-12/h4-6H,3H2,1-2H3,(H2,8,11). The Bertz CT molecular complexity index is 249. The summed E-state index contributed by atoms with van der Waals surface area (Å²) in [7, 11) is 0. The van der Waals surface area contributed by atoms with E-state index >= 15 is 0 Å². The number of hydrogen-bond acceptors (Lipinski definition) is 3. The van der Waals surface area contributed by atoms with Crippen LogP contribution in [0.25, 0.3) is 0 Å². The van der Waals surface area contributed by atoms with E-state index in [2.05, 4.69) is 15.1 Å². The summed E-state index contributed by atoms with van der Waals surface area (Å²) < 4.78 is 1.64. The zero-order chi connectivity index (χ0) is 8.97. The molecule has 0 aliphatic heterocycles. The van der Waals surface area contributed by atoms with Gasteiger partial charge in [0.15, 0.2) is 0 Å². The average Bonchev–Trinajstić information content (AvgIpc) is 2.37. The van der Waals surface area contributed by atoms with E-state index in [0.29, 0.717) is 12.4 Å². The number of aliphatic imine (C=N–C) groups is 1. The van der Waals surface area contributed by atoms with Crippen molar-refractivity contribution in [3.8, 4) is 0 Å². The van der Waals surface area contributed by atoms with E-state index in [0.717, 1.165) is 0 Å². The molecule has 0 aromatic carbocycles. The van der Waals surface area contributed by atoms with Gasteiger partial charge < -0.3 is 5.73 Å². The summed E-state index contributed by atoms with van der Waals surface area (Å²) in [5, 5.41) is 3.91. The number of rotatable bonds is 3. The maximum Gasteiger partial charge on any atom is 0.137 e. The van der Waals surface area contributed by atoms with Crippen LogP contribution in [0.1, 0.15) is 13.8 Å². The molecule has 0 radical (unpaired) electrons. The lowest BCUT2D eigenvalue weighted by Gasteiger charge is -2.02. The lowest BCUT2D eigenvalue weighted by atomic mass is 10.4. The first kappa shape index (κ1) is 8.70. The van der Waals surface area contributed by atoms with Gasteiger partial charge in [0.2, 0.25) is 0 Å². The Morgan fingerprint density at radius 1 is 1.67 bits per heavy atom. The largest absolute Gasteiger partial charge is 0.386 e. The van der Waals surface area contributed by atoms with Crippen LogP contribution in [-0.4, -0.2) is 26.6 Å². The van der Waals surface area contributed by atoms with E-state index in [1.807, 2.05) is 13.8 Å². The maximum absolute atomic E-state index is 5.63. The number of aromatic nitrogens is 3. The highest BCUT2D eigenvalue weighted by Gasteiger charge is 1.96. The predicted octanol–water partition coefficient (Wildman–Crippen LogP) is 0.0437. The molecule has 0 unspecified atom stereocenters. The minimum absolute atomic E-state index is 0.230. The molecule has 2 N–H and O–H groups in total. The minimum atomic E-state index is 0.230. The van der Waals surface area contributed by atoms with Gasteiger partial charge in [0.25, 0.3) is 0 Å². The zero-order valence-electron chi connectivity index (χ0n) is 7.31. The average molecular weight is 167 g/mol. The second-order valence-corrected chi connectivity index (χ2v) is 2.81. The van der Waals surface area contributed by atoms with Crippen molar-refractivity contribution in [1.82, 2.24) is 14.8 Å². The van der Waals surface area contributed by atoms with Gasteiger partial charge in [0, 0.05) is 6.04 Å². The molecule has 1 heterocycles. The van der Waals surface area contributed by atoms with E-state index in [-0.39, 0.29) is 6.04 Å². The van der Waals surface area contributed by atoms with Crippen LogP contribution in [0.3, 0.4) is 0 Å². The van der Waals surface area contributed by atoms with Crippen molar-refractivity contribution < 1.29 is 0 Å². The molecule has 0 spiro atoms. The van der Waals surface area contributed by atoms with E-state index < -0.39 is 0 Å². The Balaban J connectivity index is 2.52. The van der Waals surface area contributed by atoms with E-state index in [1.165, 1.54) is 6.33 Å². The molecule has 0 amide bonds. The first-order valence-corrected chi connectivity index (χ1v) is 3.83.